The Bertz CT molecular complexity index is 423. The van der Waals surface area contributed by atoms with E-state index in [1.807, 2.05) is 13.8 Å². The monoisotopic (exact) mass is 283 g/mol. The molecule has 1 unspecified atom stereocenters. The van der Waals surface area contributed by atoms with E-state index in [-0.39, 0.29) is 24.2 Å². The number of benzene rings is 1. The molecule has 0 saturated heterocycles. The van der Waals surface area contributed by atoms with E-state index in [1.54, 1.807) is 12.1 Å². The molecule has 20 heavy (non-hydrogen) atoms. The number of aliphatic hydroxyl groups is 1. The number of carbonyl (C=O) groups is 1. The van der Waals surface area contributed by atoms with Gasteiger partial charge in [-0.25, -0.2) is 4.39 Å². The Morgan fingerprint density at radius 3 is 2.85 bits per heavy atom. The zero-order valence-electron chi connectivity index (χ0n) is 11.9. The number of halogens is 1. The molecule has 0 fully saturated rings. The summed E-state index contributed by atoms with van der Waals surface area (Å²) in [6, 6.07) is 5.90. The summed E-state index contributed by atoms with van der Waals surface area (Å²) >= 11 is 0. The molecule has 0 radical (unpaired) electrons. The highest BCUT2D eigenvalue weighted by molar-refractivity contribution is 5.75. The van der Waals surface area contributed by atoms with E-state index in [1.165, 1.54) is 12.1 Å². The topological polar surface area (TPSA) is 58.6 Å². The lowest BCUT2D eigenvalue weighted by molar-refractivity contribution is -0.121. The quantitative estimate of drug-likeness (QED) is 0.718. The van der Waals surface area contributed by atoms with Crippen LogP contribution in [0.3, 0.4) is 0 Å². The number of nitrogens with one attached hydrogen (secondary N) is 1. The molecule has 0 aliphatic heterocycles. The average molecular weight is 283 g/mol. The van der Waals surface area contributed by atoms with Crippen LogP contribution in [-0.4, -0.2) is 30.3 Å². The van der Waals surface area contributed by atoms with Gasteiger partial charge in [0, 0.05) is 19.0 Å². The number of hydrogen-bond donors (Lipinski definition) is 2. The zero-order valence-corrected chi connectivity index (χ0v) is 11.9. The number of hydrogen-bond acceptors (Lipinski definition) is 3. The zero-order chi connectivity index (χ0) is 15.0. The molecule has 1 atom stereocenters. The average Bonchev–Trinajstić information content (AvgIpc) is 2.41. The standard InChI is InChI=1S/C15H22FNO3/c1-11(2)14(18)10-17-15(19)7-4-8-20-13-6-3-5-12(16)9-13/h3,5-6,9,11,14,18H,4,7-8,10H2,1-2H3,(H,17,19). The van der Waals surface area contributed by atoms with Gasteiger partial charge in [0.1, 0.15) is 11.6 Å². The maximum atomic E-state index is 12.9. The first-order valence-electron chi connectivity index (χ1n) is 6.82. The van der Waals surface area contributed by atoms with Crippen molar-refractivity contribution in [3.05, 3.63) is 30.1 Å². The van der Waals surface area contributed by atoms with Crippen molar-refractivity contribution in [3.63, 3.8) is 0 Å². The number of aliphatic hydroxyl groups excluding tert-OH is 1. The van der Waals surface area contributed by atoms with Crippen molar-refractivity contribution in [3.8, 4) is 5.75 Å². The number of rotatable bonds is 8. The maximum absolute atomic E-state index is 12.9. The maximum Gasteiger partial charge on any atom is 0.220 e. The summed E-state index contributed by atoms with van der Waals surface area (Å²) in [6.07, 6.45) is 0.336. The molecule has 1 aromatic carbocycles. The van der Waals surface area contributed by atoms with Gasteiger partial charge in [0.2, 0.25) is 5.91 Å². The van der Waals surface area contributed by atoms with Crippen LogP contribution in [0.1, 0.15) is 26.7 Å². The predicted octanol–water partition coefficient (Wildman–Crippen LogP) is 2.12. The Morgan fingerprint density at radius 1 is 1.45 bits per heavy atom. The molecule has 0 aliphatic rings. The van der Waals surface area contributed by atoms with Crippen molar-refractivity contribution < 1.29 is 19.0 Å². The predicted molar refractivity (Wildman–Crippen MR) is 75.0 cm³/mol. The molecule has 0 spiro atoms. The molecule has 1 amide bonds. The van der Waals surface area contributed by atoms with Gasteiger partial charge in [-0.05, 0) is 24.5 Å². The normalized spacial score (nSPS) is 12.2. The van der Waals surface area contributed by atoms with Crippen LogP contribution in [0.4, 0.5) is 4.39 Å². The highest BCUT2D eigenvalue weighted by Gasteiger charge is 2.10. The van der Waals surface area contributed by atoms with Crippen molar-refractivity contribution >= 4 is 5.91 Å². The van der Waals surface area contributed by atoms with Gasteiger partial charge < -0.3 is 15.2 Å². The molecule has 0 bridgehead atoms. The van der Waals surface area contributed by atoms with Crippen LogP contribution in [0.2, 0.25) is 0 Å². The number of carbonyl (C=O) groups excluding carboxylic acids is 1. The van der Waals surface area contributed by atoms with Crippen LogP contribution in [0.25, 0.3) is 0 Å². The van der Waals surface area contributed by atoms with Crippen LogP contribution >= 0.6 is 0 Å². The lowest BCUT2D eigenvalue weighted by atomic mass is 10.1. The Kier molecular flexibility index (Phi) is 7.01. The Balaban J connectivity index is 2.13. The highest BCUT2D eigenvalue weighted by atomic mass is 19.1. The molecule has 0 aromatic heterocycles. The van der Waals surface area contributed by atoms with Crippen LogP contribution in [0, 0.1) is 11.7 Å². The van der Waals surface area contributed by atoms with E-state index in [2.05, 4.69) is 5.32 Å². The van der Waals surface area contributed by atoms with Gasteiger partial charge in [-0.15, -0.1) is 0 Å². The van der Waals surface area contributed by atoms with Gasteiger partial charge in [0.25, 0.3) is 0 Å². The van der Waals surface area contributed by atoms with Crippen molar-refractivity contribution in [2.24, 2.45) is 5.92 Å². The second kappa shape index (κ2) is 8.53. The van der Waals surface area contributed by atoms with E-state index in [0.717, 1.165) is 0 Å². The summed E-state index contributed by atoms with van der Waals surface area (Å²) in [6.45, 7) is 4.40. The van der Waals surface area contributed by atoms with E-state index < -0.39 is 6.10 Å². The second-order valence-corrected chi connectivity index (χ2v) is 5.02. The van der Waals surface area contributed by atoms with Crippen molar-refractivity contribution in [2.45, 2.75) is 32.8 Å². The Hall–Kier alpha value is -1.62. The molecule has 0 heterocycles. The first kappa shape index (κ1) is 16.4. The molecule has 4 nitrogen and oxygen atoms in total. The van der Waals surface area contributed by atoms with Gasteiger partial charge in [-0.2, -0.15) is 0 Å². The van der Waals surface area contributed by atoms with E-state index >= 15 is 0 Å². The third-order valence-corrected chi connectivity index (χ3v) is 2.89. The van der Waals surface area contributed by atoms with Gasteiger partial charge >= 0.3 is 0 Å². The van der Waals surface area contributed by atoms with E-state index in [0.29, 0.717) is 25.2 Å². The fourth-order valence-electron chi connectivity index (χ4n) is 1.52. The highest BCUT2D eigenvalue weighted by Crippen LogP contribution is 2.12. The molecule has 0 saturated carbocycles. The smallest absolute Gasteiger partial charge is 0.220 e. The van der Waals surface area contributed by atoms with E-state index in [4.69, 9.17) is 4.74 Å². The largest absolute Gasteiger partial charge is 0.493 e. The van der Waals surface area contributed by atoms with Crippen LogP contribution < -0.4 is 10.1 Å². The summed E-state index contributed by atoms with van der Waals surface area (Å²) in [4.78, 5) is 11.5. The Morgan fingerprint density at radius 2 is 2.20 bits per heavy atom. The minimum atomic E-state index is -0.525. The summed E-state index contributed by atoms with van der Waals surface area (Å²) in [7, 11) is 0. The summed E-state index contributed by atoms with van der Waals surface area (Å²) in [5.41, 5.74) is 0. The molecule has 2 N–H and O–H groups in total. The van der Waals surface area contributed by atoms with Crippen molar-refractivity contribution in [2.75, 3.05) is 13.2 Å². The van der Waals surface area contributed by atoms with Crippen molar-refractivity contribution in [1.82, 2.24) is 5.32 Å². The third-order valence-electron chi connectivity index (χ3n) is 2.89. The molecule has 1 aromatic rings. The lowest BCUT2D eigenvalue weighted by Gasteiger charge is -2.15. The fourth-order valence-corrected chi connectivity index (χ4v) is 1.52. The molecular formula is C15H22FNO3. The first-order valence-corrected chi connectivity index (χ1v) is 6.82. The van der Waals surface area contributed by atoms with Gasteiger partial charge in [-0.3, -0.25) is 4.79 Å². The molecule has 112 valence electrons. The molecule has 5 heteroatoms. The summed E-state index contributed by atoms with van der Waals surface area (Å²) in [5.74, 6) is 0.114. The van der Waals surface area contributed by atoms with Gasteiger partial charge in [0.05, 0.1) is 12.7 Å². The van der Waals surface area contributed by atoms with E-state index in [9.17, 15) is 14.3 Å². The second-order valence-electron chi connectivity index (χ2n) is 5.02. The summed E-state index contributed by atoms with van der Waals surface area (Å²) < 4.78 is 18.2. The van der Waals surface area contributed by atoms with Gasteiger partial charge in [-0.1, -0.05) is 19.9 Å². The number of amides is 1. The molecular weight excluding hydrogens is 261 g/mol. The fraction of sp³-hybridized carbons (Fsp3) is 0.533. The summed E-state index contributed by atoms with van der Waals surface area (Å²) in [5, 5.41) is 12.2. The molecule has 1 rings (SSSR count). The van der Waals surface area contributed by atoms with Gasteiger partial charge in [0.15, 0.2) is 0 Å². The minimum absolute atomic E-state index is 0.117. The lowest BCUT2D eigenvalue weighted by Crippen LogP contribution is -2.34. The number of ether oxygens (including phenoxy) is 1. The SMILES string of the molecule is CC(C)C(O)CNC(=O)CCCOc1cccc(F)c1. The third kappa shape index (κ3) is 6.52. The van der Waals surface area contributed by atoms with Crippen LogP contribution in [0.5, 0.6) is 5.75 Å². The first-order chi connectivity index (χ1) is 9.49. The Labute approximate surface area is 119 Å². The van der Waals surface area contributed by atoms with Crippen LogP contribution in [0.15, 0.2) is 24.3 Å². The van der Waals surface area contributed by atoms with Crippen molar-refractivity contribution in [1.29, 1.82) is 0 Å². The minimum Gasteiger partial charge on any atom is -0.493 e. The van der Waals surface area contributed by atoms with Crippen LogP contribution in [-0.2, 0) is 4.79 Å². The molecule has 0 aliphatic carbocycles.